The van der Waals surface area contributed by atoms with Gasteiger partial charge in [-0.3, -0.25) is 9.78 Å². The van der Waals surface area contributed by atoms with E-state index in [2.05, 4.69) is 10.3 Å². The second kappa shape index (κ2) is 7.76. The van der Waals surface area contributed by atoms with Gasteiger partial charge >= 0.3 is 0 Å². The van der Waals surface area contributed by atoms with Crippen molar-refractivity contribution in [1.82, 2.24) is 10.3 Å². The lowest BCUT2D eigenvalue weighted by atomic mass is 10.0. The van der Waals surface area contributed by atoms with Gasteiger partial charge in [-0.25, -0.2) is 0 Å². The van der Waals surface area contributed by atoms with Crippen LogP contribution in [0.3, 0.4) is 0 Å². The predicted molar refractivity (Wildman–Crippen MR) is 82.2 cm³/mol. The van der Waals surface area contributed by atoms with E-state index in [1.165, 1.54) is 12.4 Å². The van der Waals surface area contributed by atoms with Crippen LogP contribution in [0.4, 0.5) is 0 Å². The average Bonchev–Trinajstić information content (AvgIpc) is 2.52. The number of pyridine rings is 1. The van der Waals surface area contributed by atoms with Crippen LogP contribution in [0.2, 0.25) is 5.02 Å². The Hall–Kier alpha value is -1.91. The van der Waals surface area contributed by atoms with Crippen LogP contribution in [-0.2, 0) is 0 Å². The zero-order chi connectivity index (χ0) is 15.1. The van der Waals surface area contributed by atoms with Crippen molar-refractivity contribution in [2.45, 2.75) is 18.9 Å². The van der Waals surface area contributed by atoms with Crippen molar-refractivity contribution < 1.29 is 9.90 Å². The van der Waals surface area contributed by atoms with E-state index in [9.17, 15) is 4.79 Å². The number of hydrogen-bond donors (Lipinski definition) is 2. The molecule has 0 bridgehead atoms. The van der Waals surface area contributed by atoms with Gasteiger partial charge in [0.25, 0.3) is 5.91 Å². The zero-order valence-corrected chi connectivity index (χ0v) is 12.3. The van der Waals surface area contributed by atoms with Crippen molar-refractivity contribution in [2.75, 3.05) is 6.61 Å². The molecule has 0 saturated heterocycles. The molecule has 0 aliphatic rings. The molecule has 0 spiro atoms. The number of aliphatic hydroxyl groups is 1. The highest BCUT2D eigenvalue weighted by Crippen LogP contribution is 2.20. The Morgan fingerprint density at radius 2 is 2.05 bits per heavy atom. The van der Waals surface area contributed by atoms with Crippen LogP contribution in [0.5, 0.6) is 0 Å². The summed E-state index contributed by atoms with van der Waals surface area (Å²) in [4.78, 5) is 16.2. The molecule has 2 rings (SSSR count). The summed E-state index contributed by atoms with van der Waals surface area (Å²) < 4.78 is 0. The van der Waals surface area contributed by atoms with E-state index < -0.39 is 0 Å². The van der Waals surface area contributed by atoms with Crippen molar-refractivity contribution in [3.8, 4) is 0 Å². The summed E-state index contributed by atoms with van der Waals surface area (Å²) in [6, 6.07) is 11.1. The van der Waals surface area contributed by atoms with Crippen molar-refractivity contribution in [3.05, 3.63) is 64.9 Å². The molecule has 110 valence electrons. The first-order valence-electron chi connectivity index (χ1n) is 6.78. The summed E-state index contributed by atoms with van der Waals surface area (Å²) in [6.45, 7) is 0.0925. The van der Waals surface area contributed by atoms with Gasteiger partial charge in [0.15, 0.2) is 0 Å². The van der Waals surface area contributed by atoms with Crippen molar-refractivity contribution in [1.29, 1.82) is 0 Å². The average molecular weight is 305 g/mol. The zero-order valence-electron chi connectivity index (χ0n) is 11.5. The lowest BCUT2D eigenvalue weighted by Gasteiger charge is -2.19. The Labute approximate surface area is 128 Å². The molecule has 2 aromatic rings. The molecule has 1 aromatic heterocycles. The molecule has 0 radical (unpaired) electrons. The van der Waals surface area contributed by atoms with Crippen LogP contribution in [0.1, 0.15) is 34.8 Å². The van der Waals surface area contributed by atoms with Crippen LogP contribution < -0.4 is 5.32 Å². The van der Waals surface area contributed by atoms with Crippen LogP contribution in [0.25, 0.3) is 0 Å². The first kappa shape index (κ1) is 15.5. The first-order valence-corrected chi connectivity index (χ1v) is 7.16. The third kappa shape index (κ3) is 4.28. The molecule has 1 amide bonds. The summed E-state index contributed by atoms with van der Waals surface area (Å²) in [5, 5.41) is 12.3. The fourth-order valence-electron chi connectivity index (χ4n) is 2.10. The number of amides is 1. The smallest absolute Gasteiger partial charge is 0.253 e. The maximum absolute atomic E-state index is 12.3. The molecule has 21 heavy (non-hydrogen) atoms. The van der Waals surface area contributed by atoms with Crippen LogP contribution >= 0.6 is 11.6 Å². The summed E-state index contributed by atoms with van der Waals surface area (Å²) in [5.41, 5.74) is 1.40. The van der Waals surface area contributed by atoms with Crippen LogP contribution in [-0.4, -0.2) is 22.6 Å². The number of aliphatic hydroxyl groups excluding tert-OH is 1. The van der Waals surface area contributed by atoms with E-state index in [0.717, 1.165) is 5.56 Å². The summed E-state index contributed by atoms with van der Waals surface area (Å²) in [7, 11) is 0. The standard InChI is InChI=1S/C16H17ClN2O2/c17-14-11-18-9-8-13(14)16(21)19-15(7-4-10-20)12-5-2-1-3-6-12/h1-3,5-6,8-9,11,15,20H,4,7,10H2,(H,19,21). The number of benzene rings is 1. The van der Waals surface area contributed by atoms with E-state index in [0.29, 0.717) is 23.4 Å². The molecule has 1 atom stereocenters. The minimum absolute atomic E-state index is 0.0925. The Bertz CT molecular complexity index is 590. The molecule has 4 nitrogen and oxygen atoms in total. The molecule has 5 heteroatoms. The molecule has 1 aromatic carbocycles. The second-order valence-electron chi connectivity index (χ2n) is 4.66. The fraction of sp³-hybridized carbons (Fsp3) is 0.250. The lowest BCUT2D eigenvalue weighted by Crippen LogP contribution is -2.29. The SMILES string of the molecule is O=C(NC(CCCO)c1ccccc1)c1ccncc1Cl. The summed E-state index contributed by atoms with van der Waals surface area (Å²) in [5.74, 6) is -0.241. The molecule has 0 saturated carbocycles. The molecule has 2 N–H and O–H groups in total. The van der Waals surface area contributed by atoms with Gasteiger partial charge in [0.05, 0.1) is 16.6 Å². The first-order chi connectivity index (χ1) is 10.2. The maximum Gasteiger partial charge on any atom is 0.253 e. The van der Waals surface area contributed by atoms with Gasteiger partial charge in [-0.05, 0) is 24.5 Å². The lowest BCUT2D eigenvalue weighted by molar-refractivity contribution is 0.0932. The van der Waals surface area contributed by atoms with Crippen molar-refractivity contribution in [3.63, 3.8) is 0 Å². The Morgan fingerprint density at radius 3 is 2.71 bits per heavy atom. The van der Waals surface area contributed by atoms with E-state index in [1.807, 2.05) is 30.3 Å². The minimum Gasteiger partial charge on any atom is -0.396 e. The van der Waals surface area contributed by atoms with Gasteiger partial charge in [0, 0.05) is 19.0 Å². The summed E-state index contributed by atoms with van der Waals surface area (Å²) >= 11 is 5.99. The molecule has 0 fully saturated rings. The quantitative estimate of drug-likeness (QED) is 0.862. The number of aromatic nitrogens is 1. The van der Waals surface area contributed by atoms with Gasteiger partial charge < -0.3 is 10.4 Å². The van der Waals surface area contributed by atoms with Gasteiger partial charge in [0.1, 0.15) is 0 Å². The number of rotatable bonds is 6. The number of carbonyl (C=O) groups excluding carboxylic acids is 1. The largest absolute Gasteiger partial charge is 0.396 e. The van der Waals surface area contributed by atoms with Gasteiger partial charge in [-0.1, -0.05) is 41.9 Å². The number of nitrogens with zero attached hydrogens (tertiary/aromatic N) is 1. The van der Waals surface area contributed by atoms with Crippen molar-refractivity contribution in [2.24, 2.45) is 0 Å². The maximum atomic E-state index is 12.3. The molecular weight excluding hydrogens is 288 g/mol. The normalized spacial score (nSPS) is 11.9. The Morgan fingerprint density at radius 1 is 1.29 bits per heavy atom. The van der Waals surface area contributed by atoms with E-state index in [4.69, 9.17) is 16.7 Å². The predicted octanol–water partition coefficient (Wildman–Crippen LogP) is 2.98. The van der Waals surface area contributed by atoms with Crippen LogP contribution in [0, 0.1) is 0 Å². The van der Waals surface area contributed by atoms with E-state index in [1.54, 1.807) is 6.07 Å². The number of nitrogens with one attached hydrogen (secondary N) is 1. The monoisotopic (exact) mass is 304 g/mol. The Kier molecular flexibility index (Phi) is 5.72. The number of halogens is 1. The van der Waals surface area contributed by atoms with Gasteiger partial charge in [-0.2, -0.15) is 0 Å². The Balaban J connectivity index is 2.15. The number of hydrogen-bond acceptors (Lipinski definition) is 3. The molecule has 0 aliphatic heterocycles. The van der Waals surface area contributed by atoms with Crippen molar-refractivity contribution >= 4 is 17.5 Å². The van der Waals surface area contributed by atoms with E-state index >= 15 is 0 Å². The van der Waals surface area contributed by atoms with Crippen LogP contribution in [0.15, 0.2) is 48.8 Å². The fourth-order valence-corrected chi connectivity index (χ4v) is 2.30. The summed E-state index contributed by atoms with van der Waals surface area (Å²) in [6.07, 6.45) is 4.26. The molecule has 0 aliphatic carbocycles. The molecular formula is C16H17ClN2O2. The molecule has 1 unspecified atom stereocenters. The van der Waals surface area contributed by atoms with E-state index in [-0.39, 0.29) is 18.6 Å². The topological polar surface area (TPSA) is 62.2 Å². The van der Waals surface area contributed by atoms with Gasteiger partial charge in [-0.15, -0.1) is 0 Å². The highest BCUT2D eigenvalue weighted by Gasteiger charge is 2.17. The second-order valence-corrected chi connectivity index (χ2v) is 5.07. The third-order valence-corrected chi connectivity index (χ3v) is 3.48. The highest BCUT2D eigenvalue weighted by atomic mass is 35.5. The highest BCUT2D eigenvalue weighted by molar-refractivity contribution is 6.33. The van der Waals surface area contributed by atoms with Gasteiger partial charge in [0.2, 0.25) is 0 Å². The minimum atomic E-state index is -0.241. The number of carbonyl (C=O) groups is 1. The third-order valence-electron chi connectivity index (χ3n) is 3.18. The molecule has 1 heterocycles.